The van der Waals surface area contributed by atoms with E-state index in [9.17, 15) is 4.79 Å². The SMILES string of the molecule is Cc1nc(COc2ccccc2/C=C/C(=O)Nc2cccc(C#N)c2)cs1. The predicted molar refractivity (Wildman–Crippen MR) is 106 cm³/mol. The molecule has 0 atom stereocenters. The molecule has 0 aliphatic rings. The molecule has 2 aromatic carbocycles. The van der Waals surface area contributed by atoms with E-state index in [0.29, 0.717) is 23.6 Å². The van der Waals surface area contributed by atoms with Gasteiger partial charge in [0, 0.05) is 22.7 Å². The van der Waals surface area contributed by atoms with Crippen LogP contribution in [0.25, 0.3) is 6.08 Å². The van der Waals surface area contributed by atoms with E-state index in [0.717, 1.165) is 16.3 Å². The van der Waals surface area contributed by atoms with E-state index in [-0.39, 0.29) is 5.91 Å². The minimum atomic E-state index is -0.282. The zero-order valence-electron chi connectivity index (χ0n) is 14.7. The van der Waals surface area contributed by atoms with Crippen LogP contribution in [-0.4, -0.2) is 10.9 Å². The van der Waals surface area contributed by atoms with Gasteiger partial charge in [0.1, 0.15) is 12.4 Å². The minimum absolute atomic E-state index is 0.282. The number of carbonyl (C=O) groups excluding carboxylic acids is 1. The van der Waals surface area contributed by atoms with E-state index in [1.54, 1.807) is 41.7 Å². The molecule has 0 bridgehead atoms. The zero-order valence-corrected chi connectivity index (χ0v) is 15.5. The number of aryl methyl sites for hydroxylation is 1. The maximum absolute atomic E-state index is 12.1. The van der Waals surface area contributed by atoms with Crippen molar-refractivity contribution in [2.24, 2.45) is 0 Å². The lowest BCUT2D eigenvalue weighted by Crippen LogP contribution is -2.07. The van der Waals surface area contributed by atoms with Crippen LogP contribution in [0.1, 0.15) is 21.8 Å². The largest absolute Gasteiger partial charge is 0.487 e. The van der Waals surface area contributed by atoms with Gasteiger partial charge in [0.2, 0.25) is 5.91 Å². The fourth-order valence-electron chi connectivity index (χ4n) is 2.39. The number of amides is 1. The average Bonchev–Trinajstić information content (AvgIpc) is 3.10. The standard InChI is InChI=1S/C21H17N3O2S/c1-15-23-19(14-27-15)13-26-20-8-3-2-6-17(20)9-10-21(25)24-18-7-4-5-16(11-18)12-22/h2-11,14H,13H2,1H3,(H,24,25)/b10-9+. The molecule has 0 radical (unpaired) electrons. The number of aromatic nitrogens is 1. The number of hydrogen-bond donors (Lipinski definition) is 1. The summed E-state index contributed by atoms with van der Waals surface area (Å²) < 4.78 is 5.84. The number of nitrogens with zero attached hydrogens (tertiary/aromatic N) is 2. The van der Waals surface area contributed by atoms with Gasteiger partial charge in [-0.1, -0.05) is 24.3 Å². The fourth-order valence-corrected chi connectivity index (χ4v) is 2.99. The van der Waals surface area contributed by atoms with Crippen molar-refractivity contribution in [3.05, 3.63) is 81.8 Å². The van der Waals surface area contributed by atoms with Crippen LogP contribution in [-0.2, 0) is 11.4 Å². The molecule has 0 unspecified atom stereocenters. The number of nitrogens with one attached hydrogen (secondary N) is 1. The number of anilines is 1. The van der Waals surface area contributed by atoms with E-state index < -0.39 is 0 Å². The molecule has 0 saturated carbocycles. The normalized spacial score (nSPS) is 10.5. The zero-order chi connectivity index (χ0) is 19.1. The first-order chi connectivity index (χ1) is 13.1. The minimum Gasteiger partial charge on any atom is -0.487 e. The lowest BCUT2D eigenvalue weighted by molar-refractivity contribution is -0.111. The first-order valence-corrected chi connectivity index (χ1v) is 9.14. The van der Waals surface area contributed by atoms with Crippen LogP contribution in [0, 0.1) is 18.3 Å². The van der Waals surface area contributed by atoms with Crippen molar-refractivity contribution in [2.45, 2.75) is 13.5 Å². The number of hydrogen-bond acceptors (Lipinski definition) is 5. The summed E-state index contributed by atoms with van der Waals surface area (Å²) in [7, 11) is 0. The number of thiazole rings is 1. The molecule has 1 amide bonds. The number of ether oxygens (including phenoxy) is 1. The van der Waals surface area contributed by atoms with Gasteiger partial charge in [-0.05, 0) is 37.3 Å². The van der Waals surface area contributed by atoms with E-state index in [1.165, 1.54) is 6.08 Å². The first-order valence-electron chi connectivity index (χ1n) is 8.26. The highest BCUT2D eigenvalue weighted by Crippen LogP contribution is 2.21. The predicted octanol–water partition coefficient (Wildman–Crippen LogP) is 4.55. The number of rotatable bonds is 6. The van der Waals surface area contributed by atoms with Crippen molar-refractivity contribution in [2.75, 3.05) is 5.32 Å². The summed E-state index contributed by atoms with van der Waals surface area (Å²) in [6.07, 6.45) is 3.14. The van der Waals surface area contributed by atoms with E-state index >= 15 is 0 Å². The van der Waals surface area contributed by atoms with Gasteiger partial charge in [-0.2, -0.15) is 5.26 Å². The second-order valence-corrected chi connectivity index (χ2v) is 6.76. The molecule has 134 valence electrons. The Labute approximate surface area is 161 Å². The number of nitriles is 1. The molecule has 0 aliphatic heterocycles. The van der Waals surface area contributed by atoms with Crippen LogP contribution in [0.3, 0.4) is 0 Å². The van der Waals surface area contributed by atoms with E-state index in [2.05, 4.69) is 10.3 Å². The summed E-state index contributed by atoms with van der Waals surface area (Å²) >= 11 is 1.58. The summed E-state index contributed by atoms with van der Waals surface area (Å²) in [5.74, 6) is 0.397. The molecule has 0 spiro atoms. The lowest BCUT2D eigenvalue weighted by Gasteiger charge is -2.08. The van der Waals surface area contributed by atoms with Gasteiger partial charge < -0.3 is 10.1 Å². The molecule has 0 aliphatic carbocycles. The van der Waals surface area contributed by atoms with Crippen molar-refractivity contribution < 1.29 is 9.53 Å². The lowest BCUT2D eigenvalue weighted by atomic mass is 10.2. The Balaban J connectivity index is 1.65. The van der Waals surface area contributed by atoms with Gasteiger partial charge in [-0.3, -0.25) is 4.79 Å². The Hall–Kier alpha value is -3.43. The topological polar surface area (TPSA) is 75.0 Å². The summed E-state index contributed by atoms with van der Waals surface area (Å²) in [4.78, 5) is 16.5. The molecule has 0 fully saturated rings. The summed E-state index contributed by atoms with van der Waals surface area (Å²) in [5, 5.41) is 14.6. The van der Waals surface area contributed by atoms with Gasteiger partial charge in [0.15, 0.2) is 0 Å². The number of para-hydroxylation sites is 1. The van der Waals surface area contributed by atoms with Gasteiger partial charge in [-0.15, -0.1) is 11.3 Å². The van der Waals surface area contributed by atoms with Crippen LogP contribution in [0.5, 0.6) is 5.75 Å². The van der Waals surface area contributed by atoms with Crippen molar-refractivity contribution in [3.63, 3.8) is 0 Å². The molecule has 27 heavy (non-hydrogen) atoms. The first kappa shape index (κ1) is 18.4. The Morgan fingerprint density at radius 3 is 2.93 bits per heavy atom. The van der Waals surface area contributed by atoms with Crippen molar-refractivity contribution in [1.29, 1.82) is 5.26 Å². The Morgan fingerprint density at radius 2 is 2.15 bits per heavy atom. The number of carbonyl (C=O) groups is 1. The maximum atomic E-state index is 12.1. The van der Waals surface area contributed by atoms with Crippen LogP contribution >= 0.6 is 11.3 Å². The molecule has 6 heteroatoms. The van der Waals surface area contributed by atoms with Gasteiger partial charge in [0.25, 0.3) is 0 Å². The molecule has 5 nitrogen and oxygen atoms in total. The quantitative estimate of drug-likeness (QED) is 0.641. The number of benzene rings is 2. The van der Waals surface area contributed by atoms with Crippen molar-refractivity contribution >= 4 is 29.0 Å². The molecule has 1 N–H and O–H groups in total. The Bertz CT molecular complexity index is 1020. The van der Waals surface area contributed by atoms with Crippen LogP contribution in [0.2, 0.25) is 0 Å². The fraction of sp³-hybridized carbons (Fsp3) is 0.0952. The van der Waals surface area contributed by atoms with Gasteiger partial charge >= 0.3 is 0 Å². The van der Waals surface area contributed by atoms with Crippen molar-refractivity contribution in [1.82, 2.24) is 4.98 Å². The third-order valence-electron chi connectivity index (χ3n) is 3.63. The second kappa shape index (κ2) is 8.79. The Morgan fingerprint density at radius 1 is 1.30 bits per heavy atom. The molecule has 1 heterocycles. The molecule has 3 aromatic rings. The molecular weight excluding hydrogens is 358 g/mol. The highest BCUT2D eigenvalue weighted by Gasteiger charge is 2.04. The molecule has 1 aromatic heterocycles. The van der Waals surface area contributed by atoms with Gasteiger partial charge in [0.05, 0.1) is 22.3 Å². The summed E-state index contributed by atoms with van der Waals surface area (Å²) in [6.45, 7) is 2.33. The Kier molecular flexibility index (Phi) is 5.98. The summed E-state index contributed by atoms with van der Waals surface area (Å²) in [5.41, 5.74) is 2.75. The summed E-state index contributed by atoms with van der Waals surface area (Å²) in [6, 6.07) is 16.3. The van der Waals surface area contributed by atoms with Crippen LogP contribution in [0.4, 0.5) is 5.69 Å². The van der Waals surface area contributed by atoms with E-state index in [4.69, 9.17) is 10.00 Å². The van der Waals surface area contributed by atoms with Crippen LogP contribution in [0.15, 0.2) is 60.0 Å². The average molecular weight is 375 g/mol. The highest BCUT2D eigenvalue weighted by atomic mass is 32.1. The van der Waals surface area contributed by atoms with Crippen LogP contribution < -0.4 is 10.1 Å². The van der Waals surface area contributed by atoms with Gasteiger partial charge in [-0.25, -0.2) is 4.98 Å². The highest BCUT2D eigenvalue weighted by molar-refractivity contribution is 7.09. The smallest absolute Gasteiger partial charge is 0.248 e. The molecule has 0 saturated heterocycles. The monoisotopic (exact) mass is 375 g/mol. The molecule has 3 rings (SSSR count). The third kappa shape index (κ3) is 5.27. The molecular formula is C21H17N3O2S. The van der Waals surface area contributed by atoms with Crippen molar-refractivity contribution in [3.8, 4) is 11.8 Å². The van der Waals surface area contributed by atoms with E-state index in [1.807, 2.05) is 42.6 Å². The second-order valence-electron chi connectivity index (χ2n) is 5.70. The third-order valence-corrected chi connectivity index (χ3v) is 4.46. The maximum Gasteiger partial charge on any atom is 0.248 e.